The van der Waals surface area contributed by atoms with Crippen molar-refractivity contribution in [3.63, 3.8) is 0 Å². The fraction of sp³-hybridized carbons (Fsp3) is 0.125. The van der Waals surface area contributed by atoms with Crippen molar-refractivity contribution in [1.29, 1.82) is 0 Å². The van der Waals surface area contributed by atoms with Crippen LogP contribution < -0.4 is 5.32 Å². The van der Waals surface area contributed by atoms with Gasteiger partial charge in [-0.1, -0.05) is 18.2 Å². The lowest BCUT2D eigenvalue weighted by Crippen LogP contribution is -2.42. The number of carbonyl (C=O) groups excluding carboxylic acids is 1. The molecule has 0 unspecified atom stereocenters. The standard InChI is InChI=1S/C16H13FN2O5/c17-12-5-1-3-10(7-12)8-14(16(21)22)18-15(20)11-4-2-6-13(9-11)19(23)24/h1-7,9,14H,8H2,(H,18,20)(H,21,22)/t14-/m1/s1. The number of carboxylic acids is 1. The van der Waals surface area contributed by atoms with Crippen molar-refractivity contribution in [3.05, 3.63) is 75.6 Å². The molecular formula is C16H13FN2O5. The third-order valence-corrected chi connectivity index (χ3v) is 3.25. The third-order valence-electron chi connectivity index (χ3n) is 3.25. The Hall–Kier alpha value is -3.29. The van der Waals surface area contributed by atoms with Crippen molar-refractivity contribution in [3.8, 4) is 0 Å². The number of nitro groups is 1. The lowest BCUT2D eigenvalue weighted by Gasteiger charge is -2.14. The van der Waals surface area contributed by atoms with Crippen LogP contribution in [-0.4, -0.2) is 27.9 Å². The van der Waals surface area contributed by atoms with Gasteiger partial charge in [-0.05, 0) is 23.8 Å². The number of nitrogens with one attached hydrogen (secondary N) is 1. The molecule has 1 atom stereocenters. The number of halogens is 1. The van der Waals surface area contributed by atoms with Crippen molar-refractivity contribution in [2.75, 3.05) is 0 Å². The smallest absolute Gasteiger partial charge is 0.326 e. The summed E-state index contributed by atoms with van der Waals surface area (Å²) in [6, 6.07) is 9.02. The molecular weight excluding hydrogens is 319 g/mol. The third kappa shape index (κ3) is 4.35. The summed E-state index contributed by atoms with van der Waals surface area (Å²) in [6.07, 6.45) is -0.117. The predicted octanol–water partition coefficient (Wildman–Crippen LogP) is 2.16. The Labute approximate surface area is 135 Å². The van der Waals surface area contributed by atoms with E-state index in [1.807, 2.05) is 0 Å². The molecule has 0 saturated heterocycles. The minimum absolute atomic E-state index is 0.0327. The molecule has 0 aliphatic carbocycles. The molecule has 8 heteroatoms. The van der Waals surface area contributed by atoms with E-state index in [9.17, 15) is 29.2 Å². The normalized spacial score (nSPS) is 11.5. The first-order valence-corrected chi connectivity index (χ1v) is 6.89. The molecule has 124 valence electrons. The highest BCUT2D eigenvalue weighted by Gasteiger charge is 2.22. The molecule has 1 amide bonds. The molecule has 0 aromatic heterocycles. The zero-order valence-electron chi connectivity index (χ0n) is 12.3. The number of amides is 1. The fourth-order valence-corrected chi connectivity index (χ4v) is 2.10. The Balaban J connectivity index is 2.15. The van der Waals surface area contributed by atoms with E-state index in [4.69, 9.17) is 0 Å². The second-order valence-electron chi connectivity index (χ2n) is 5.01. The Kier molecular flexibility index (Phi) is 5.20. The molecule has 0 spiro atoms. The van der Waals surface area contributed by atoms with Crippen LogP contribution in [0.5, 0.6) is 0 Å². The van der Waals surface area contributed by atoms with Gasteiger partial charge in [0, 0.05) is 24.1 Å². The molecule has 0 radical (unpaired) electrons. The Bertz CT molecular complexity index is 794. The van der Waals surface area contributed by atoms with Crippen LogP contribution in [0.15, 0.2) is 48.5 Å². The maximum atomic E-state index is 13.2. The van der Waals surface area contributed by atoms with E-state index < -0.39 is 28.7 Å². The van der Waals surface area contributed by atoms with Gasteiger partial charge in [0.25, 0.3) is 11.6 Å². The quantitative estimate of drug-likeness (QED) is 0.622. The monoisotopic (exact) mass is 332 g/mol. The first-order valence-electron chi connectivity index (χ1n) is 6.89. The Morgan fingerprint density at radius 2 is 1.92 bits per heavy atom. The number of rotatable bonds is 6. The number of benzene rings is 2. The minimum Gasteiger partial charge on any atom is -0.480 e. The molecule has 0 bridgehead atoms. The molecule has 2 N–H and O–H groups in total. The van der Waals surface area contributed by atoms with E-state index >= 15 is 0 Å². The van der Waals surface area contributed by atoms with Gasteiger partial charge in [-0.2, -0.15) is 0 Å². The van der Waals surface area contributed by atoms with E-state index in [1.54, 1.807) is 6.07 Å². The molecule has 0 fully saturated rings. The molecule has 0 heterocycles. The summed E-state index contributed by atoms with van der Waals surface area (Å²) < 4.78 is 13.2. The average Bonchev–Trinajstić information content (AvgIpc) is 2.54. The molecule has 24 heavy (non-hydrogen) atoms. The van der Waals surface area contributed by atoms with Gasteiger partial charge in [-0.3, -0.25) is 14.9 Å². The Morgan fingerprint density at radius 3 is 2.54 bits per heavy atom. The summed E-state index contributed by atoms with van der Waals surface area (Å²) in [7, 11) is 0. The minimum atomic E-state index is -1.29. The number of hydrogen-bond donors (Lipinski definition) is 2. The molecule has 2 rings (SSSR count). The lowest BCUT2D eigenvalue weighted by atomic mass is 10.1. The van der Waals surface area contributed by atoms with E-state index in [2.05, 4.69) is 5.32 Å². The number of non-ortho nitro benzene ring substituents is 1. The number of carboxylic acid groups (broad SMARTS) is 1. The zero-order valence-corrected chi connectivity index (χ0v) is 12.3. The summed E-state index contributed by atoms with van der Waals surface area (Å²) >= 11 is 0. The maximum absolute atomic E-state index is 13.2. The van der Waals surface area contributed by atoms with Crippen LogP contribution in [-0.2, 0) is 11.2 Å². The topological polar surface area (TPSA) is 110 Å². The van der Waals surface area contributed by atoms with Crippen LogP contribution in [0.4, 0.5) is 10.1 Å². The lowest BCUT2D eigenvalue weighted by molar-refractivity contribution is -0.384. The van der Waals surface area contributed by atoms with Gasteiger partial charge in [0.15, 0.2) is 0 Å². The summed E-state index contributed by atoms with van der Waals surface area (Å²) in [5.74, 6) is -2.57. The second kappa shape index (κ2) is 7.32. The van der Waals surface area contributed by atoms with Crippen molar-refractivity contribution in [2.45, 2.75) is 12.5 Å². The van der Waals surface area contributed by atoms with E-state index in [-0.39, 0.29) is 17.7 Å². The fourth-order valence-electron chi connectivity index (χ4n) is 2.10. The maximum Gasteiger partial charge on any atom is 0.326 e. The van der Waals surface area contributed by atoms with Crippen molar-refractivity contribution in [2.24, 2.45) is 0 Å². The summed E-state index contributed by atoms with van der Waals surface area (Å²) in [4.78, 5) is 33.5. The van der Waals surface area contributed by atoms with E-state index in [0.29, 0.717) is 5.56 Å². The van der Waals surface area contributed by atoms with Crippen molar-refractivity contribution in [1.82, 2.24) is 5.32 Å². The number of carbonyl (C=O) groups is 2. The molecule has 2 aromatic carbocycles. The van der Waals surface area contributed by atoms with Gasteiger partial charge in [-0.15, -0.1) is 0 Å². The molecule has 0 aliphatic heterocycles. The van der Waals surface area contributed by atoms with Gasteiger partial charge in [0.2, 0.25) is 0 Å². The van der Waals surface area contributed by atoms with Crippen LogP contribution in [0, 0.1) is 15.9 Å². The van der Waals surface area contributed by atoms with Crippen LogP contribution in [0.3, 0.4) is 0 Å². The summed E-state index contributed by atoms with van der Waals surface area (Å²) in [5.41, 5.74) is 0.0936. The first kappa shape index (κ1) is 17.1. The molecule has 7 nitrogen and oxygen atoms in total. The van der Waals surface area contributed by atoms with Crippen LogP contribution >= 0.6 is 0 Å². The van der Waals surface area contributed by atoms with Gasteiger partial charge in [0.05, 0.1) is 4.92 Å². The number of hydrogen-bond acceptors (Lipinski definition) is 4. The second-order valence-corrected chi connectivity index (χ2v) is 5.01. The zero-order chi connectivity index (χ0) is 17.7. The van der Waals surface area contributed by atoms with Gasteiger partial charge in [-0.25, -0.2) is 9.18 Å². The first-order chi connectivity index (χ1) is 11.4. The largest absolute Gasteiger partial charge is 0.480 e. The number of aliphatic carboxylic acids is 1. The number of nitro benzene ring substituents is 1. The highest BCUT2D eigenvalue weighted by molar-refractivity contribution is 5.97. The average molecular weight is 332 g/mol. The van der Waals surface area contributed by atoms with Gasteiger partial charge >= 0.3 is 5.97 Å². The SMILES string of the molecule is O=C(N[C@H](Cc1cccc(F)c1)C(=O)O)c1cccc([N+](=O)[O-])c1. The highest BCUT2D eigenvalue weighted by atomic mass is 19.1. The highest BCUT2D eigenvalue weighted by Crippen LogP contribution is 2.14. The Morgan fingerprint density at radius 1 is 1.21 bits per heavy atom. The predicted molar refractivity (Wildman–Crippen MR) is 82.1 cm³/mol. The van der Waals surface area contributed by atoms with Crippen LogP contribution in [0.25, 0.3) is 0 Å². The molecule has 0 saturated carbocycles. The molecule has 0 aliphatic rings. The summed E-state index contributed by atoms with van der Waals surface area (Å²) in [6.45, 7) is 0. The van der Waals surface area contributed by atoms with Gasteiger partial charge < -0.3 is 10.4 Å². The molecule has 2 aromatic rings. The van der Waals surface area contributed by atoms with Crippen molar-refractivity contribution < 1.29 is 24.0 Å². The number of nitrogens with zero attached hydrogens (tertiary/aromatic N) is 1. The van der Waals surface area contributed by atoms with Gasteiger partial charge in [0.1, 0.15) is 11.9 Å². The van der Waals surface area contributed by atoms with Crippen LogP contribution in [0.2, 0.25) is 0 Å². The van der Waals surface area contributed by atoms with E-state index in [0.717, 1.165) is 6.07 Å². The van der Waals surface area contributed by atoms with E-state index in [1.165, 1.54) is 36.4 Å². The summed E-state index contributed by atoms with van der Waals surface area (Å²) in [5, 5.41) is 22.2. The van der Waals surface area contributed by atoms with Crippen LogP contribution in [0.1, 0.15) is 15.9 Å². The van der Waals surface area contributed by atoms with Crippen molar-refractivity contribution >= 4 is 17.6 Å².